The Morgan fingerprint density at radius 1 is 1.50 bits per heavy atom. The molecule has 2 heterocycles. The monoisotopic (exact) mass is 200 g/mol. The topological polar surface area (TPSA) is 36.7 Å². The molecule has 0 unspecified atom stereocenters. The van der Waals surface area contributed by atoms with E-state index in [1.54, 1.807) is 17.5 Å². The van der Waals surface area contributed by atoms with Gasteiger partial charge in [-0.1, -0.05) is 6.07 Å². The van der Waals surface area contributed by atoms with Gasteiger partial charge in [-0.2, -0.15) is 5.26 Å². The van der Waals surface area contributed by atoms with E-state index in [0.29, 0.717) is 5.56 Å². The molecule has 0 saturated carbocycles. The van der Waals surface area contributed by atoms with Crippen molar-refractivity contribution in [2.24, 2.45) is 0 Å². The van der Waals surface area contributed by atoms with E-state index < -0.39 is 0 Å². The zero-order valence-electron chi connectivity index (χ0n) is 7.69. The molecule has 3 heteroatoms. The van der Waals surface area contributed by atoms with Crippen molar-refractivity contribution in [2.75, 3.05) is 0 Å². The quantitative estimate of drug-likeness (QED) is 0.709. The highest BCUT2D eigenvalue weighted by atomic mass is 32.1. The molecule has 2 aromatic heterocycles. The van der Waals surface area contributed by atoms with Crippen LogP contribution in [0.4, 0.5) is 0 Å². The van der Waals surface area contributed by atoms with E-state index in [1.165, 1.54) is 0 Å². The minimum atomic E-state index is 0.637. The summed E-state index contributed by atoms with van der Waals surface area (Å²) in [6.45, 7) is 1.93. The third kappa shape index (κ3) is 1.52. The molecule has 0 fully saturated rings. The predicted octanol–water partition coefficient (Wildman–Crippen LogP) is 2.99. The van der Waals surface area contributed by atoms with E-state index in [0.717, 1.165) is 16.1 Å². The molecule has 0 aliphatic heterocycles. The van der Waals surface area contributed by atoms with E-state index in [9.17, 15) is 0 Å². The molecular formula is C11H8N2S. The Morgan fingerprint density at radius 3 is 3.00 bits per heavy atom. The number of pyridine rings is 1. The maximum absolute atomic E-state index is 8.92. The number of thiophene rings is 1. The van der Waals surface area contributed by atoms with E-state index in [-0.39, 0.29) is 0 Å². The number of hydrogen-bond donors (Lipinski definition) is 0. The lowest BCUT2D eigenvalue weighted by molar-refractivity contribution is 1.19. The summed E-state index contributed by atoms with van der Waals surface area (Å²) in [7, 11) is 0. The van der Waals surface area contributed by atoms with Crippen molar-refractivity contribution < 1.29 is 0 Å². The first kappa shape index (κ1) is 8.92. The summed E-state index contributed by atoms with van der Waals surface area (Å²) in [4.78, 5) is 5.22. The van der Waals surface area contributed by atoms with Gasteiger partial charge in [-0.15, -0.1) is 11.3 Å². The van der Waals surface area contributed by atoms with Crippen molar-refractivity contribution in [3.8, 4) is 16.5 Å². The van der Waals surface area contributed by atoms with Crippen LogP contribution in [0.25, 0.3) is 10.4 Å². The average Bonchev–Trinajstić information content (AvgIpc) is 2.70. The first-order chi connectivity index (χ1) is 6.81. The Labute approximate surface area is 86.5 Å². The molecule has 0 bridgehead atoms. The summed E-state index contributed by atoms with van der Waals surface area (Å²) in [6.07, 6.45) is 1.63. The van der Waals surface area contributed by atoms with Gasteiger partial charge in [0, 0.05) is 22.3 Å². The van der Waals surface area contributed by atoms with Crippen molar-refractivity contribution >= 4 is 11.3 Å². The number of hydrogen-bond acceptors (Lipinski definition) is 3. The molecule has 0 aliphatic rings. The molecule has 2 nitrogen and oxygen atoms in total. The number of nitrogens with zero attached hydrogens (tertiary/aromatic N) is 2. The summed E-state index contributed by atoms with van der Waals surface area (Å²) >= 11 is 1.64. The van der Waals surface area contributed by atoms with Crippen molar-refractivity contribution in [2.45, 2.75) is 6.92 Å². The first-order valence-electron chi connectivity index (χ1n) is 4.22. The normalized spacial score (nSPS) is 9.71. The lowest BCUT2D eigenvalue weighted by Crippen LogP contribution is -1.87. The first-order valence-corrected chi connectivity index (χ1v) is 5.10. The molecule has 0 saturated heterocycles. The second-order valence-corrected chi connectivity index (χ2v) is 3.91. The summed E-state index contributed by atoms with van der Waals surface area (Å²) in [5.41, 5.74) is 2.56. The van der Waals surface area contributed by atoms with Gasteiger partial charge in [0.2, 0.25) is 0 Å². The van der Waals surface area contributed by atoms with Gasteiger partial charge in [-0.3, -0.25) is 4.98 Å². The standard InChI is InChI=1S/C11H8N2S/c1-8-5-10(9(6-12)7-13-8)11-3-2-4-14-11/h2-5,7H,1H3. The molecule has 0 amide bonds. The van der Waals surface area contributed by atoms with Crippen LogP contribution < -0.4 is 0 Å². The Kier molecular flexibility index (Phi) is 2.30. The molecule has 2 rings (SSSR count). The van der Waals surface area contributed by atoms with Crippen LogP contribution in [0.3, 0.4) is 0 Å². The van der Waals surface area contributed by atoms with Crippen molar-refractivity contribution in [1.29, 1.82) is 5.26 Å². The Hall–Kier alpha value is -1.66. The largest absolute Gasteiger partial charge is 0.260 e. The van der Waals surface area contributed by atoms with Gasteiger partial charge >= 0.3 is 0 Å². The highest BCUT2D eigenvalue weighted by molar-refractivity contribution is 7.13. The molecule has 2 aromatic rings. The van der Waals surface area contributed by atoms with Crippen LogP contribution in [0.5, 0.6) is 0 Å². The molecule has 14 heavy (non-hydrogen) atoms. The molecular weight excluding hydrogens is 192 g/mol. The number of nitriles is 1. The van der Waals surface area contributed by atoms with Gasteiger partial charge < -0.3 is 0 Å². The zero-order chi connectivity index (χ0) is 9.97. The summed E-state index contributed by atoms with van der Waals surface area (Å²) < 4.78 is 0. The third-order valence-corrected chi connectivity index (χ3v) is 2.85. The van der Waals surface area contributed by atoms with Gasteiger partial charge in [-0.05, 0) is 24.4 Å². The molecule has 0 atom stereocenters. The molecule has 0 N–H and O–H groups in total. The second kappa shape index (κ2) is 3.60. The molecule has 0 aliphatic carbocycles. The Morgan fingerprint density at radius 2 is 2.36 bits per heavy atom. The highest BCUT2D eigenvalue weighted by Gasteiger charge is 2.06. The minimum absolute atomic E-state index is 0.637. The highest BCUT2D eigenvalue weighted by Crippen LogP contribution is 2.27. The van der Waals surface area contributed by atoms with E-state index in [1.807, 2.05) is 30.5 Å². The Balaban J connectivity index is 2.63. The van der Waals surface area contributed by atoms with E-state index >= 15 is 0 Å². The minimum Gasteiger partial charge on any atom is -0.260 e. The lowest BCUT2D eigenvalue weighted by atomic mass is 10.1. The molecule has 0 spiro atoms. The van der Waals surface area contributed by atoms with Crippen LogP contribution in [-0.2, 0) is 0 Å². The van der Waals surface area contributed by atoms with Crippen molar-refractivity contribution in [3.05, 3.63) is 41.0 Å². The van der Waals surface area contributed by atoms with Gasteiger partial charge in [-0.25, -0.2) is 0 Å². The number of aryl methyl sites for hydroxylation is 1. The second-order valence-electron chi connectivity index (χ2n) is 2.96. The van der Waals surface area contributed by atoms with Gasteiger partial charge in [0.15, 0.2) is 0 Å². The van der Waals surface area contributed by atoms with Crippen LogP contribution in [-0.4, -0.2) is 4.98 Å². The summed E-state index contributed by atoms with van der Waals surface area (Å²) in [5.74, 6) is 0. The fourth-order valence-corrected chi connectivity index (χ4v) is 2.04. The fourth-order valence-electron chi connectivity index (χ4n) is 1.28. The third-order valence-electron chi connectivity index (χ3n) is 1.95. The predicted molar refractivity (Wildman–Crippen MR) is 57.0 cm³/mol. The molecule has 68 valence electrons. The van der Waals surface area contributed by atoms with Crippen LogP contribution in [0.15, 0.2) is 29.8 Å². The maximum atomic E-state index is 8.92. The van der Waals surface area contributed by atoms with Crippen LogP contribution >= 0.6 is 11.3 Å². The number of aromatic nitrogens is 1. The Bertz CT molecular complexity index is 480. The smallest absolute Gasteiger partial charge is 0.101 e. The molecule has 0 aromatic carbocycles. The van der Waals surface area contributed by atoms with E-state index in [2.05, 4.69) is 11.1 Å². The SMILES string of the molecule is Cc1cc(-c2cccs2)c(C#N)cn1. The zero-order valence-corrected chi connectivity index (χ0v) is 8.51. The van der Waals surface area contributed by atoms with Crippen molar-refractivity contribution in [1.82, 2.24) is 4.98 Å². The van der Waals surface area contributed by atoms with Crippen LogP contribution in [0.2, 0.25) is 0 Å². The van der Waals surface area contributed by atoms with E-state index in [4.69, 9.17) is 5.26 Å². The van der Waals surface area contributed by atoms with Crippen LogP contribution in [0.1, 0.15) is 11.3 Å². The fraction of sp³-hybridized carbons (Fsp3) is 0.0909. The summed E-state index contributed by atoms with van der Waals surface area (Å²) in [6, 6.07) is 8.10. The van der Waals surface area contributed by atoms with Crippen molar-refractivity contribution in [3.63, 3.8) is 0 Å². The molecule has 0 radical (unpaired) electrons. The van der Waals surface area contributed by atoms with Gasteiger partial charge in [0.1, 0.15) is 6.07 Å². The van der Waals surface area contributed by atoms with Gasteiger partial charge in [0.05, 0.1) is 5.56 Å². The lowest BCUT2D eigenvalue weighted by Gasteiger charge is -2.01. The number of rotatable bonds is 1. The van der Waals surface area contributed by atoms with Crippen LogP contribution in [0, 0.1) is 18.3 Å². The van der Waals surface area contributed by atoms with Gasteiger partial charge in [0.25, 0.3) is 0 Å². The average molecular weight is 200 g/mol. The summed E-state index contributed by atoms with van der Waals surface area (Å²) in [5, 5.41) is 10.9. The maximum Gasteiger partial charge on any atom is 0.101 e.